The number of hydrogen-bond donors (Lipinski definition) is 9. The molecule has 0 aliphatic carbocycles. The number of carboxylic acids is 1. The van der Waals surface area contributed by atoms with Crippen LogP contribution in [-0.2, 0) is 14.3 Å². The zero-order chi connectivity index (χ0) is 18.6. The Bertz CT molecular complexity index is 403. The maximum absolute atomic E-state index is 10.7. The molecule has 12 heteroatoms. The minimum Gasteiger partial charge on any atom is -0.479 e. The van der Waals surface area contributed by atoms with Gasteiger partial charge in [0.2, 0.25) is 0 Å². The molecule has 1 aliphatic rings. The Morgan fingerprint density at radius 1 is 1.04 bits per heavy atom. The number of carboxylic acid groups (broad SMARTS) is 1. The van der Waals surface area contributed by atoms with E-state index in [1.807, 2.05) is 0 Å². The summed E-state index contributed by atoms with van der Waals surface area (Å²) in [6.07, 6.45) is -16.9. The normalized spacial score (nSPS) is 35.9. The molecule has 1 aliphatic heterocycles. The summed E-state index contributed by atoms with van der Waals surface area (Å²) in [4.78, 5) is 10.7. The predicted octanol–water partition coefficient (Wildman–Crippen LogP) is -5.67. The third-order valence-electron chi connectivity index (χ3n) is 3.62. The molecule has 0 spiro atoms. The van der Waals surface area contributed by atoms with Crippen molar-refractivity contribution in [2.75, 3.05) is 13.2 Å². The van der Waals surface area contributed by atoms with Crippen LogP contribution in [0.1, 0.15) is 0 Å². The van der Waals surface area contributed by atoms with Crippen LogP contribution < -0.4 is 0 Å². The summed E-state index contributed by atoms with van der Waals surface area (Å²) in [7, 11) is 0. The highest BCUT2D eigenvalue weighted by Gasteiger charge is 2.47. The number of aliphatic hydroxyl groups is 8. The molecule has 1 saturated heterocycles. The van der Waals surface area contributed by atoms with Crippen molar-refractivity contribution in [1.82, 2.24) is 0 Å². The van der Waals surface area contributed by atoms with E-state index in [1.54, 1.807) is 0 Å². The van der Waals surface area contributed by atoms with Crippen LogP contribution in [0.15, 0.2) is 0 Å². The lowest BCUT2D eigenvalue weighted by atomic mass is 9.98. The Balaban J connectivity index is 2.94. The van der Waals surface area contributed by atoms with Gasteiger partial charge in [0.25, 0.3) is 0 Å². The van der Waals surface area contributed by atoms with Crippen molar-refractivity contribution in [3.05, 3.63) is 0 Å². The Kier molecular flexibility index (Phi) is 7.88. The first-order valence-corrected chi connectivity index (χ1v) is 6.99. The minimum atomic E-state index is -2.39. The van der Waals surface area contributed by atoms with Gasteiger partial charge in [-0.25, -0.2) is 4.79 Å². The molecule has 1 heterocycles. The second-order valence-electron chi connectivity index (χ2n) is 5.32. The molecule has 1 rings (SSSR count). The van der Waals surface area contributed by atoms with Crippen LogP contribution in [0.2, 0.25) is 0 Å². The van der Waals surface area contributed by atoms with Crippen LogP contribution >= 0.6 is 0 Å². The summed E-state index contributed by atoms with van der Waals surface area (Å²) in [6, 6.07) is 0. The van der Waals surface area contributed by atoms with E-state index in [4.69, 9.17) is 24.8 Å². The van der Waals surface area contributed by atoms with Crippen molar-refractivity contribution in [2.24, 2.45) is 0 Å². The van der Waals surface area contributed by atoms with E-state index in [2.05, 4.69) is 0 Å². The number of hydrogen-bond acceptors (Lipinski definition) is 11. The summed E-state index contributed by atoms with van der Waals surface area (Å²) in [5.74, 6) is -1.84. The second-order valence-corrected chi connectivity index (χ2v) is 5.32. The highest BCUT2D eigenvalue weighted by molar-refractivity contribution is 5.72. The Hall–Kier alpha value is -0.930. The van der Waals surface area contributed by atoms with E-state index in [9.17, 15) is 35.4 Å². The molecule has 0 saturated carbocycles. The van der Waals surface area contributed by atoms with Gasteiger partial charge in [-0.2, -0.15) is 0 Å². The van der Waals surface area contributed by atoms with Crippen molar-refractivity contribution < 1.29 is 60.2 Å². The van der Waals surface area contributed by atoms with Crippen LogP contribution in [0.5, 0.6) is 0 Å². The lowest BCUT2D eigenvalue weighted by Gasteiger charge is -2.42. The Morgan fingerprint density at radius 3 is 2.08 bits per heavy atom. The van der Waals surface area contributed by atoms with Gasteiger partial charge in [0.15, 0.2) is 12.4 Å². The molecule has 0 aromatic heterocycles. The molecule has 1 fully saturated rings. The lowest BCUT2D eigenvalue weighted by molar-refractivity contribution is -0.326. The molecule has 142 valence electrons. The molecule has 0 amide bonds. The summed E-state index contributed by atoms with van der Waals surface area (Å²) >= 11 is 0. The molecule has 0 aromatic carbocycles. The van der Waals surface area contributed by atoms with Crippen LogP contribution in [0.4, 0.5) is 0 Å². The van der Waals surface area contributed by atoms with Gasteiger partial charge in [0.05, 0.1) is 13.2 Å². The van der Waals surface area contributed by atoms with Crippen LogP contribution in [0.3, 0.4) is 0 Å². The van der Waals surface area contributed by atoms with Crippen LogP contribution in [0, 0.1) is 0 Å². The summed E-state index contributed by atoms with van der Waals surface area (Å²) in [5, 5.41) is 84.5. The van der Waals surface area contributed by atoms with Gasteiger partial charge in [-0.15, -0.1) is 0 Å². The van der Waals surface area contributed by atoms with Gasteiger partial charge in [-0.1, -0.05) is 0 Å². The molecular formula is C12H22O12. The van der Waals surface area contributed by atoms with Crippen molar-refractivity contribution in [3.63, 3.8) is 0 Å². The average Bonchev–Trinajstić information content (AvgIpc) is 2.57. The third-order valence-corrected chi connectivity index (χ3v) is 3.62. The average molecular weight is 358 g/mol. The molecule has 12 nitrogen and oxygen atoms in total. The monoisotopic (exact) mass is 358 g/mol. The maximum Gasteiger partial charge on any atom is 0.335 e. The molecular weight excluding hydrogens is 336 g/mol. The highest BCUT2D eigenvalue weighted by atomic mass is 16.7. The summed E-state index contributed by atoms with van der Waals surface area (Å²) in [5.41, 5.74) is 0. The largest absolute Gasteiger partial charge is 0.479 e. The second kappa shape index (κ2) is 8.96. The number of carbonyl (C=O) groups is 1. The standard InChI is InChI=1S/C12H22O12/c13-1-3(15)10(7(18)8(19)11(21)22)24-12-9(20)6(17)5(16)4(2-14)23-12/h3-10,12-20H,1-2H2,(H,21,22)/t3?,4?,5-,6+,7?,8?,9?,10?,12-/m0/s1. The minimum absolute atomic E-state index is 0.766. The topological polar surface area (TPSA) is 218 Å². The van der Waals surface area contributed by atoms with E-state index >= 15 is 0 Å². The Morgan fingerprint density at radius 2 is 1.62 bits per heavy atom. The van der Waals surface area contributed by atoms with Crippen molar-refractivity contribution in [1.29, 1.82) is 0 Å². The van der Waals surface area contributed by atoms with E-state index in [0.717, 1.165) is 0 Å². The fourth-order valence-electron chi connectivity index (χ4n) is 2.16. The number of aliphatic carboxylic acids is 1. The third kappa shape index (κ3) is 4.58. The molecule has 6 unspecified atom stereocenters. The van der Waals surface area contributed by atoms with E-state index < -0.39 is 74.3 Å². The van der Waals surface area contributed by atoms with Gasteiger partial charge < -0.3 is 55.4 Å². The smallest absolute Gasteiger partial charge is 0.335 e. The molecule has 0 radical (unpaired) electrons. The molecule has 24 heavy (non-hydrogen) atoms. The lowest BCUT2D eigenvalue weighted by Crippen LogP contribution is -2.61. The van der Waals surface area contributed by atoms with Gasteiger partial charge in [0.1, 0.15) is 42.7 Å². The molecule has 0 bridgehead atoms. The van der Waals surface area contributed by atoms with Gasteiger partial charge >= 0.3 is 5.97 Å². The van der Waals surface area contributed by atoms with E-state index in [-0.39, 0.29) is 0 Å². The zero-order valence-corrected chi connectivity index (χ0v) is 12.4. The first-order valence-electron chi connectivity index (χ1n) is 6.99. The predicted molar refractivity (Wildman–Crippen MR) is 71.4 cm³/mol. The van der Waals surface area contributed by atoms with Crippen molar-refractivity contribution in [2.45, 2.75) is 55.1 Å². The SMILES string of the molecule is O=C(O)C(O)C(O)C(O[C@@H]1OC(CO)[C@H](O)[C@@H](O)C1O)C(O)CO. The fraction of sp³-hybridized carbons (Fsp3) is 0.917. The first kappa shape index (κ1) is 21.1. The molecule has 9 N–H and O–H groups in total. The van der Waals surface area contributed by atoms with E-state index in [0.29, 0.717) is 0 Å². The van der Waals surface area contributed by atoms with Gasteiger partial charge in [-0.05, 0) is 0 Å². The van der Waals surface area contributed by atoms with Crippen molar-refractivity contribution >= 4 is 5.97 Å². The van der Waals surface area contributed by atoms with Gasteiger partial charge in [0, 0.05) is 0 Å². The van der Waals surface area contributed by atoms with E-state index in [1.165, 1.54) is 0 Å². The zero-order valence-electron chi connectivity index (χ0n) is 12.4. The number of rotatable bonds is 8. The van der Waals surface area contributed by atoms with Gasteiger partial charge in [-0.3, -0.25) is 0 Å². The first-order chi connectivity index (χ1) is 11.1. The summed E-state index contributed by atoms with van der Waals surface area (Å²) < 4.78 is 9.98. The quantitative estimate of drug-likeness (QED) is 0.198. The highest BCUT2D eigenvalue weighted by Crippen LogP contribution is 2.24. The van der Waals surface area contributed by atoms with Crippen molar-refractivity contribution in [3.8, 4) is 0 Å². The maximum atomic E-state index is 10.7. The number of ether oxygens (including phenoxy) is 2. The van der Waals surface area contributed by atoms with Crippen LogP contribution in [0.25, 0.3) is 0 Å². The fourth-order valence-corrected chi connectivity index (χ4v) is 2.16. The summed E-state index contributed by atoms with van der Waals surface area (Å²) in [6.45, 7) is -1.76. The number of aliphatic hydroxyl groups excluding tert-OH is 8. The molecule has 9 atom stereocenters. The Labute approximate surface area is 135 Å². The molecule has 0 aromatic rings. The van der Waals surface area contributed by atoms with Crippen LogP contribution in [-0.4, -0.2) is 120 Å².